The molecule has 0 fully saturated rings. The summed E-state index contributed by atoms with van der Waals surface area (Å²) in [6.07, 6.45) is 9.08. The Balaban J connectivity index is 1.72. The van der Waals surface area contributed by atoms with Gasteiger partial charge in [0.25, 0.3) is 0 Å². The zero-order valence-electron chi connectivity index (χ0n) is 29.4. The third kappa shape index (κ3) is 17.3. The van der Waals surface area contributed by atoms with E-state index in [1.165, 1.54) is 6.92 Å². The molecule has 0 aliphatic carbocycles. The zero-order chi connectivity index (χ0) is 33.5. The van der Waals surface area contributed by atoms with Crippen molar-refractivity contribution in [3.63, 3.8) is 0 Å². The molecule has 0 radical (unpaired) electrons. The highest BCUT2D eigenvalue weighted by Crippen LogP contribution is 2.19. The summed E-state index contributed by atoms with van der Waals surface area (Å²) in [5.74, 6) is 1.65. The Morgan fingerprint density at radius 2 is 1.56 bits per heavy atom. The van der Waals surface area contributed by atoms with Crippen LogP contribution in [0.2, 0.25) is 0 Å². The van der Waals surface area contributed by atoms with Crippen LogP contribution in [-0.4, -0.2) is 67.7 Å². The summed E-state index contributed by atoms with van der Waals surface area (Å²) in [6, 6.07) is 2.15. The molecule has 11 nitrogen and oxygen atoms in total. The molecule has 0 saturated heterocycles. The highest BCUT2D eigenvalue weighted by molar-refractivity contribution is 5.76. The van der Waals surface area contributed by atoms with Gasteiger partial charge in [0.15, 0.2) is 0 Å². The lowest BCUT2D eigenvalue weighted by Gasteiger charge is -2.30. The molecule has 2 rings (SSSR count). The van der Waals surface area contributed by atoms with Crippen molar-refractivity contribution < 1.29 is 19.1 Å². The Labute approximate surface area is 271 Å². The molecule has 2 heterocycles. The molecule has 0 bridgehead atoms. The van der Waals surface area contributed by atoms with Gasteiger partial charge in [-0.05, 0) is 90.5 Å². The summed E-state index contributed by atoms with van der Waals surface area (Å²) < 4.78 is 13.0. The van der Waals surface area contributed by atoms with Crippen molar-refractivity contribution in [2.75, 3.05) is 25.1 Å². The summed E-state index contributed by atoms with van der Waals surface area (Å²) in [6.45, 7) is 20.6. The van der Waals surface area contributed by atoms with Crippen LogP contribution in [0.3, 0.4) is 0 Å². The fourth-order valence-corrected chi connectivity index (χ4v) is 4.61. The maximum atomic E-state index is 12.7. The van der Waals surface area contributed by atoms with Gasteiger partial charge in [-0.1, -0.05) is 32.9 Å². The minimum Gasteiger partial charge on any atom is -0.465 e. The summed E-state index contributed by atoms with van der Waals surface area (Å²) >= 11 is 0. The van der Waals surface area contributed by atoms with Crippen LogP contribution in [0.15, 0.2) is 12.3 Å². The zero-order valence-corrected chi connectivity index (χ0v) is 29.4. The lowest BCUT2D eigenvalue weighted by Crippen LogP contribution is -2.44. The van der Waals surface area contributed by atoms with E-state index in [-0.39, 0.29) is 23.0 Å². The van der Waals surface area contributed by atoms with E-state index in [0.717, 1.165) is 49.2 Å². The quantitative estimate of drug-likeness (QED) is 0.124. The van der Waals surface area contributed by atoms with E-state index >= 15 is 0 Å². The Morgan fingerprint density at radius 1 is 0.911 bits per heavy atom. The van der Waals surface area contributed by atoms with E-state index in [4.69, 9.17) is 19.4 Å². The van der Waals surface area contributed by atoms with E-state index in [1.807, 2.05) is 20.0 Å². The van der Waals surface area contributed by atoms with Crippen LogP contribution in [0.4, 0.5) is 5.95 Å². The van der Waals surface area contributed by atoms with Gasteiger partial charge in [-0.15, -0.1) is 5.10 Å². The van der Waals surface area contributed by atoms with Crippen molar-refractivity contribution in [3.8, 4) is 0 Å². The number of ether oxygens (including phenoxy) is 2. The number of nitrogens with one attached hydrogen (secondary N) is 2. The molecule has 2 N–H and O–H groups in total. The van der Waals surface area contributed by atoms with Gasteiger partial charge in [0.05, 0.1) is 17.9 Å². The largest absolute Gasteiger partial charge is 0.465 e. The molecule has 0 aliphatic rings. The molecule has 0 unspecified atom stereocenters. The fourth-order valence-electron chi connectivity index (χ4n) is 4.61. The van der Waals surface area contributed by atoms with E-state index in [9.17, 15) is 9.59 Å². The number of amides is 1. The average Bonchev–Trinajstić information content (AvgIpc) is 3.39. The van der Waals surface area contributed by atoms with Crippen LogP contribution in [0, 0.1) is 11.8 Å². The highest BCUT2D eigenvalue weighted by Gasteiger charge is 2.24. The summed E-state index contributed by atoms with van der Waals surface area (Å²) in [4.78, 5) is 33.2. The molecule has 0 spiro atoms. The predicted molar refractivity (Wildman–Crippen MR) is 178 cm³/mol. The summed E-state index contributed by atoms with van der Waals surface area (Å²) in [7, 11) is 0. The van der Waals surface area contributed by atoms with Crippen LogP contribution < -0.4 is 10.6 Å². The monoisotopic (exact) mass is 629 g/mol. The molecule has 11 heteroatoms. The van der Waals surface area contributed by atoms with Gasteiger partial charge < -0.3 is 20.1 Å². The third-order valence-corrected chi connectivity index (χ3v) is 7.54. The minimum atomic E-state index is -0.386. The lowest BCUT2D eigenvalue weighted by atomic mass is 10.00. The van der Waals surface area contributed by atoms with Crippen molar-refractivity contribution >= 4 is 17.8 Å². The molecule has 0 atom stereocenters. The molecule has 1 amide bonds. The first-order valence-corrected chi connectivity index (χ1v) is 16.7. The number of esters is 1. The second-order valence-electron chi connectivity index (χ2n) is 14.2. The molecule has 2 aromatic rings. The van der Waals surface area contributed by atoms with E-state index in [1.54, 1.807) is 4.68 Å². The van der Waals surface area contributed by atoms with Crippen LogP contribution in [0.25, 0.3) is 0 Å². The fraction of sp³-hybridized carbons (Fsp3) is 0.765. The number of aromatic nitrogens is 5. The minimum absolute atomic E-state index is 0.0287. The Bertz CT molecular complexity index is 1150. The van der Waals surface area contributed by atoms with Crippen molar-refractivity contribution in [1.82, 2.24) is 30.3 Å². The first-order valence-electron chi connectivity index (χ1n) is 16.7. The summed E-state index contributed by atoms with van der Waals surface area (Å²) in [5, 5.41) is 14.8. The lowest BCUT2D eigenvalue weighted by molar-refractivity contribution is -0.140. The standard InChI is InChI=1S/C34H59N7O4/c1-25(2)12-14-28-23-29(15-13-26(3)4)37-32(36-28)35-19-10-11-31(43)38-33(6,7)18-22-45-34(8,9)17-20-41-24-30(39-40-41)16-21-44-27(5)42/h23-26H,10-22H2,1-9H3,(H,38,43)(H,35,36,37). The number of carbonyl (C=O) groups excluding carboxylic acids is 2. The number of rotatable bonds is 22. The Kier molecular flexibility index (Phi) is 15.9. The number of hydrogen-bond donors (Lipinski definition) is 2. The maximum absolute atomic E-state index is 12.7. The molecule has 254 valence electrons. The van der Waals surface area contributed by atoms with Crippen LogP contribution in [-0.2, 0) is 44.9 Å². The van der Waals surface area contributed by atoms with Crippen LogP contribution in [0.5, 0.6) is 0 Å². The van der Waals surface area contributed by atoms with Crippen LogP contribution >= 0.6 is 0 Å². The Morgan fingerprint density at radius 3 is 2.16 bits per heavy atom. The topological polar surface area (TPSA) is 133 Å². The SMILES string of the molecule is CC(=O)OCCc1cn(CCC(C)(C)OCCC(C)(C)NC(=O)CCCNc2nc(CCC(C)C)cc(CCC(C)C)n2)nn1. The van der Waals surface area contributed by atoms with Crippen LogP contribution in [0.1, 0.15) is 118 Å². The molecule has 0 aromatic carbocycles. The van der Waals surface area contributed by atoms with E-state index in [0.29, 0.717) is 69.8 Å². The molecule has 0 aliphatic heterocycles. The first kappa shape index (κ1) is 38.1. The van der Waals surface area contributed by atoms with Gasteiger partial charge in [-0.25, -0.2) is 9.97 Å². The van der Waals surface area contributed by atoms with Crippen molar-refractivity contribution in [2.24, 2.45) is 11.8 Å². The second kappa shape index (κ2) is 18.8. The first-order chi connectivity index (χ1) is 21.1. The van der Waals surface area contributed by atoms with Gasteiger partial charge in [-0.2, -0.15) is 0 Å². The Hall–Kier alpha value is -3.08. The number of carbonyl (C=O) groups is 2. The molecular formula is C34H59N7O4. The number of anilines is 1. The average molecular weight is 630 g/mol. The third-order valence-electron chi connectivity index (χ3n) is 7.54. The second-order valence-corrected chi connectivity index (χ2v) is 14.2. The van der Waals surface area contributed by atoms with Gasteiger partial charge in [0.2, 0.25) is 11.9 Å². The number of aryl methyl sites for hydroxylation is 3. The maximum Gasteiger partial charge on any atom is 0.302 e. The van der Waals surface area contributed by atoms with Crippen molar-refractivity contribution in [3.05, 3.63) is 29.3 Å². The van der Waals surface area contributed by atoms with Gasteiger partial charge in [-0.3, -0.25) is 14.3 Å². The molecular weight excluding hydrogens is 570 g/mol. The molecule has 0 saturated carbocycles. The van der Waals surface area contributed by atoms with Gasteiger partial charge >= 0.3 is 5.97 Å². The number of hydrogen-bond acceptors (Lipinski definition) is 9. The van der Waals surface area contributed by atoms with E-state index in [2.05, 4.69) is 68.6 Å². The predicted octanol–water partition coefficient (Wildman–Crippen LogP) is 5.71. The number of nitrogens with zero attached hydrogens (tertiary/aromatic N) is 5. The van der Waals surface area contributed by atoms with Crippen molar-refractivity contribution in [2.45, 2.75) is 138 Å². The van der Waals surface area contributed by atoms with Gasteiger partial charge in [0, 0.05) is 62.6 Å². The van der Waals surface area contributed by atoms with E-state index < -0.39 is 0 Å². The molecule has 2 aromatic heterocycles. The molecule has 45 heavy (non-hydrogen) atoms. The normalized spacial score (nSPS) is 12.2. The van der Waals surface area contributed by atoms with Gasteiger partial charge in [0.1, 0.15) is 0 Å². The van der Waals surface area contributed by atoms with Crippen molar-refractivity contribution in [1.29, 1.82) is 0 Å². The smallest absolute Gasteiger partial charge is 0.302 e. The highest BCUT2D eigenvalue weighted by atomic mass is 16.5. The summed E-state index contributed by atoms with van der Waals surface area (Å²) in [5.41, 5.74) is 2.21.